The van der Waals surface area contributed by atoms with Crippen molar-refractivity contribution in [2.24, 2.45) is 0 Å². The van der Waals surface area contributed by atoms with E-state index in [9.17, 15) is 0 Å². The molecule has 0 aliphatic heterocycles. The van der Waals surface area contributed by atoms with Crippen molar-refractivity contribution in [3.63, 3.8) is 0 Å². The van der Waals surface area contributed by atoms with Crippen molar-refractivity contribution in [2.75, 3.05) is 12.4 Å². The Morgan fingerprint density at radius 1 is 0.857 bits per heavy atom. The van der Waals surface area contributed by atoms with Gasteiger partial charge in [0.15, 0.2) is 11.5 Å². The van der Waals surface area contributed by atoms with Gasteiger partial charge in [0, 0.05) is 22.7 Å². The minimum atomic E-state index is 0.440. The van der Waals surface area contributed by atoms with Crippen LogP contribution < -0.4 is 14.8 Å². The molecule has 0 saturated heterocycles. The Labute approximate surface area is 180 Å². The van der Waals surface area contributed by atoms with E-state index >= 15 is 0 Å². The van der Waals surface area contributed by atoms with E-state index in [4.69, 9.17) is 44.3 Å². The normalized spacial score (nSPS) is 10.6. The van der Waals surface area contributed by atoms with Crippen molar-refractivity contribution in [2.45, 2.75) is 20.1 Å². The molecule has 3 rings (SSSR count). The van der Waals surface area contributed by atoms with Crippen molar-refractivity contribution in [1.82, 2.24) is 0 Å². The van der Waals surface area contributed by atoms with Gasteiger partial charge in [0.2, 0.25) is 0 Å². The predicted octanol–water partition coefficient (Wildman–Crippen LogP) is 7.15. The highest BCUT2D eigenvalue weighted by Gasteiger charge is 2.12. The van der Waals surface area contributed by atoms with Gasteiger partial charge >= 0.3 is 0 Å². The molecule has 146 valence electrons. The van der Waals surface area contributed by atoms with E-state index in [1.807, 2.05) is 24.3 Å². The molecular formula is C22H20Cl3NO2. The molecular weight excluding hydrogens is 417 g/mol. The van der Waals surface area contributed by atoms with Gasteiger partial charge < -0.3 is 14.8 Å². The maximum atomic E-state index is 6.47. The van der Waals surface area contributed by atoms with E-state index in [0.29, 0.717) is 39.7 Å². The van der Waals surface area contributed by atoms with E-state index in [1.54, 1.807) is 31.4 Å². The SMILES string of the molecule is COc1cc(CNc2cc(Cl)ccc2Cl)c(Cl)cc1OCc1ccccc1C. The molecule has 3 nitrogen and oxygen atoms in total. The minimum Gasteiger partial charge on any atom is -0.493 e. The average molecular weight is 437 g/mol. The van der Waals surface area contributed by atoms with Gasteiger partial charge in [-0.25, -0.2) is 0 Å². The van der Waals surface area contributed by atoms with Crippen LogP contribution >= 0.6 is 34.8 Å². The summed E-state index contributed by atoms with van der Waals surface area (Å²) in [4.78, 5) is 0. The number of methoxy groups -OCH3 is 1. The van der Waals surface area contributed by atoms with Gasteiger partial charge in [0.1, 0.15) is 6.61 Å². The number of hydrogen-bond donors (Lipinski definition) is 1. The molecule has 28 heavy (non-hydrogen) atoms. The van der Waals surface area contributed by atoms with E-state index in [-0.39, 0.29) is 0 Å². The summed E-state index contributed by atoms with van der Waals surface area (Å²) in [6.07, 6.45) is 0. The van der Waals surface area contributed by atoms with Crippen LogP contribution in [0.25, 0.3) is 0 Å². The molecule has 0 aromatic heterocycles. The van der Waals surface area contributed by atoms with Crippen molar-refractivity contribution in [1.29, 1.82) is 0 Å². The first-order valence-corrected chi connectivity index (χ1v) is 9.84. The smallest absolute Gasteiger partial charge is 0.163 e. The molecule has 1 N–H and O–H groups in total. The Bertz CT molecular complexity index is 976. The van der Waals surface area contributed by atoms with Crippen LogP contribution in [0.5, 0.6) is 11.5 Å². The third kappa shape index (κ3) is 5.05. The van der Waals surface area contributed by atoms with E-state index < -0.39 is 0 Å². The first-order valence-electron chi connectivity index (χ1n) is 8.70. The third-order valence-electron chi connectivity index (χ3n) is 4.37. The Balaban J connectivity index is 1.75. The van der Waals surface area contributed by atoms with Crippen LogP contribution in [0.2, 0.25) is 15.1 Å². The van der Waals surface area contributed by atoms with Crippen molar-refractivity contribution >= 4 is 40.5 Å². The highest BCUT2D eigenvalue weighted by atomic mass is 35.5. The van der Waals surface area contributed by atoms with Gasteiger partial charge in [-0.1, -0.05) is 59.1 Å². The second-order valence-electron chi connectivity index (χ2n) is 6.29. The zero-order valence-corrected chi connectivity index (χ0v) is 17.8. The van der Waals surface area contributed by atoms with Crippen molar-refractivity contribution < 1.29 is 9.47 Å². The number of halogens is 3. The van der Waals surface area contributed by atoms with Crippen LogP contribution in [-0.4, -0.2) is 7.11 Å². The number of aryl methyl sites for hydroxylation is 1. The van der Waals surface area contributed by atoms with Gasteiger partial charge in [0.05, 0.1) is 17.8 Å². The summed E-state index contributed by atoms with van der Waals surface area (Å²) in [5, 5.41) is 5.02. The van der Waals surface area contributed by atoms with Gasteiger partial charge in [-0.15, -0.1) is 0 Å². The largest absolute Gasteiger partial charge is 0.493 e. The zero-order valence-electron chi connectivity index (χ0n) is 15.6. The Kier molecular flexibility index (Phi) is 6.95. The molecule has 0 amide bonds. The van der Waals surface area contributed by atoms with Crippen LogP contribution in [0.3, 0.4) is 0 Å². The first-order chi connectivity index (χ1) is 13.5. The summed E-state index contributed by atoms with van der Waals surface area (Å²) >= 11 is 18.7. The number of rotatable bonds is 7. The molecule has 0 unspecified atom stereocenters. The number of ether oxygens (including phenoxy) is 2. The summed E-state index contributed by atoms with van der Waals surface area (Å²) in [5.41, 5.74) is 3.88. The highest BCUT2D eigenvalue weighted by molar-refractivity contribution is 6.35. The number of hydrogen-bond acceptors (Lipinski definition) is 3. The minimum absolute atomic E-state index is 0.440. The molecule has 6 heteroatoms. The molecule has 0 atom stereocenters. The third-order valence-corrected chi connectivity index (χ3v) is 5.29. The van der Waals surface area contributed by atoms with E-state index in [2.05, 4.69) is 18.3 Å². The number of anilines is 1. The van der Waals surface area contributed by atoms with Gasteiger partial charge in [0.25, 0.3) is 0 Å². The summed E-state index contributed by atoms with van der Waals surface area (Å²) in [6.45, 7) is 2.96. The van der Waals surface area contributed by atoms with Crippen LogP contribution in [-0.2, 0) is 13.2 Å². The molecule has 3 aromatic rings. The van der Waals surface area contributed by atoms with Crippen LogP contribution in [0, 0.1) is 6.92 Å². The lowest BCUT2D eigenvalue weighted by molar-refractivity contribution is 0.284. The second kappa shape index (κ2) is 9.42. The maximum Gasteiger partial charge on any atom is 0.163 e. The zero-order chi connectivity index (χ0) is 20.1. The van der Waals surface area contributed by atoms with Crippen LogP contribution in [0.1, 0.15) is 16.7 Å². The topological polar surface area (TPSA) is 30.5 Å². The van der Waals surface area contributed by atoms with E-state index in [0.717, 1.165) is 16.8 Å². The average Bonchev–Trinajstić information content (AvgIpc) is 2.69. The fraction of sp³-hybridized carbons (Fsp3) is 0.182. The highest BCUT2D eigenvalue weighted by Crippen LogP contribution is 2.35. The lowest BCUT2D eigenvalue weighted by Gasteiger charge is -2.16. The van der Waals surface area contributed by atoms with Crippen molar-refractivity contribution in [3.05, 3.63) is 86.4 Å². The fourth-order valence-corrected chi connectivity index (χ4v) is 3.31. The molecule has 0 radical (unpaired) electrons. The standard InChI is InChI=1S/C22H20Cl3NO2/c1-14-5-3-4-6-15(14)13-28-22-11-19(25)16(9-21(22)27-2)12-26-20-10-17(23)7-8-18(20)24/h3-11,26H,12-13H2,1-2H3. The van der Waals surface area contributed by atoms with Crippen molar-refractivity contribution in [3.8, 4) is 11.5 Å². The molecule has 0 spiro atoms. The molecule has 0 fully saturated rings. The summed E-state index contributed by atoms with van der Waals surface area (Å²) in [6, 6.07) is 17.0. The summed E-state index contributed by atoms with van der Waals surface area (Å²) in [7, 11) is 1.61. The number of benzene rings is 3. The quantitative estimate of drug-likeness (QED) is 0.426. The Morgan fingerprint density at radius 2 is 1.64 bits per heavy atom. The lowest BCUT2D eigenvalue weighted by Crippen LogP contribution is -2.03. The second-order valence-corrected chi connectivity index (χ2v) is 7.54. The molecule has 0 saturated carbocycles. The van der Waals surface area contributed by atoms with Crippen LogP contribution in [0.15, 0.2) is 54.6 Å². The molecule has 3 aromatic carbocycles. The molecule has 0 bridgehead atoms. The molecule has 0 aliphatic carbocycles. The number of nitrogens with one attached hydrogen (secondary N) is 1. The monoisotopic (exact) mass is 435 g/mol. The summed E-state index contributed by atoms with van der Waals surface area (Å²) in [5.74, 6) is 1.22. The van der Waals surface area contributed by atoms with Gasteiger partial charge in [-0.3, -0.25) is 0 Å². The fourth-order valence-electron chi connectivity index (χ4n) is 2.74. The lowest BCUT2D eigenvalue weighted by atomic mass is 10.1. The summed E-state index contributed by atoms with van der Waals surface area (Å²) < 4.78 is 11.5. The molecule has 0 heterocycles. The predicted molar refractivity (Wildman–Crippen MR) is 117 cm³/mol. The first kappa shape index (κ1) is 20.7. The van der Waals surface area contributed by atoms with Gasteiger partial charge in [-0.05, 0) is 47.9 Å². The van der Waals surface area contributed by atoms with Crippen LogP contribution in [0.4, 0.5) is 5.69 Å². The Morgan fingerprint density at radius 3 is 2.39 bits per heavy atom. The maximum absolute atomic E-state index is 6.47. The van der Waals surface area contributed by atoms with Gasteiger partial charge in [-0.2, -0.15) is 0 Å². The van der Waals surface area contributed by atoms with E-state index in [1.165, 1.54) is 5.56 Å². The molecule has 0 aliphatic rings. The Hall–Kier alpha value is -2.07.